The van der Waals surface area contributed by atoms with Gasteiger partial charge in [0.25, 0.3) is 30.1 Å². The van der Waals surface area contributed by atoms with Gasteiger partial charge in [0.2, 0.25) is 22.3 Å². The fourth-order valence-corrected chi connectivity index (χ4v) is 18.2. The zero-order valence-electron chi connectivity index (χ0n) is 64.3. The first-order valence-electron chi connectivity index (χ1n) is 36.4. The Balaban J connectivity index is 0.000000144. The van der Waals surface area contributed by atoms with Crippen molar-refractivity contribution >= 4 is 127 Å². The second-order valence-corrected chi connectivity index (χ2v) is 33.7. The molecule has 0 amide bonds. The second-order valence-electron chi connectivity index (χ2n) is 27.3. The van der Waals surface area contributed by atoms with E-state index in [-0.39, 0.29) is 67.2 Å². The predicted octanol–water partition coefficient (Wildman–Crippen LogP) is 11.6. The largest absolute Gasteiger partial charge is 0.496 e. The summed E-state index contributed by atoms with van der Waals surface area (Å²) < 4.78 is 108. The lowest BCUT2D eigenvalue weighted by Gasteiger charge is -2.25. The molecule has 3 atom stereocenters. The number of imidazole rings is 2. The summed E-state index contributed by atoms with van der Waals surface area (Å²) in [5, 5.41) is 34.6. The Labute approximate surface area is 680 Å². The van der Waals surface area contributed by atoms with Gasteiger partial charge in [-0.15, -0.1) is 0 Å². The van der Waals surface area contributed by atoms with Crippen molar-refractivity contribution in [1.82, 2.24) is 66.2 Å². The number of benzene rings is 5. The van der Waals surface area contributed by atoms with E-state index in [1.165, 1.54) is 39.0 Å². The number of ether oxygens (including phenoxy) is 4. The van der Waals surface area contributed by atoms with Crippen LogP contribution in [0.5, 0.6) is 23.0 Å². The van der Waals surface area contributed by atoms with Crippen LogP contribution in [0, 0.1) is 34.6 Å². The van der Waals surface area contributed by atoms with Crippen LogP contribution in [0.2, 0.25) is 15.7 Å². The molecule has 0 bridgehead atoms. The molecule has 16 rings (SSSR count). The average molecular weight is 1690 g/mol. The van der Waals surface area contributed by atoms with E-state index in [2.05, 4.69) is 51.6 Å². The molecule has 3 aliphatic rings. The van der Waals surface area contributed by atoms with Crippen LogP contribution in [0.3, 0.4) is 0 Å². The Hall–Kier alpha value is -10.7. The molecule has 5 aromatic carbocycles. The van der Waals surface area contributed by atoms with E-state index < -0.39 is 30.1 Å². The van der Waals surface area contributed by atoms with Crippen LogP contribution >= 0.6 is 34.8 Å². The van der Waals surface area contributed by atoms with Crippen LogP contribution in [0.1, 0.15) is 66.3 Å². The number of rotatable bonds is 19. The summed E-state index contributed by atoms with van der Waals surface area (Å²) in [5.74, 6) is 4.62. The smallest absolute Gasteiger partial charge is 0.268 e. The Morgan fingerprint density at radius 2 is 0.948 bits per heavy atom. The van der Waals surface area contributed by atoms with Crippen LogP contribution in [0.25, 0.3) is 44.5 Å². The molecule has 0 saturated carbocycles. The maximum absolute atomic E-state index is 13.7. The summed E-state index contributed by atoms with van der Waals surface area (Å²) >= 11 is 17.8. The molecule has 0 radical (unpaired) electrons. The first kappa shape index (κ1) is 83.8. The highest BCUT2D eigenvalue weighted by Gasteiger charge is 2.34. The molecule has 0 aliphatic carbocycles. The van der Waals surface area contributed by atoms with Crippen LogP contribution in [-0.2, 0) is 30.1 Å². The van der Waals surface area contributed by atoms with Gasteiger partial charge in [-0.25, -0.2) is 67.1 Å². The number of aliphatic hydroxyl groups is 3. The van der Waals surface area contributed by atoms with Crippen molar-refractivity contribution < 1.29 is 59.5 Å². The van der Waals surface area contributed by atoms with E-state index in [0.29, 0.717) is 93.8 Å². The molecule has 31 nitrogen and oxygen atoms in total. The Bertz CT molecular complexity index is 5960. The standard InChI is InChI=1S/C30H33N7O4S.C18H19ClN4O3S.C13H9Cl2N3O2S.C12H15N3O3.C5H11NO/c1-19-7-9-24(10-8-19)42(39,40)37-13-11-25-28(37)29(36-12-5-6-22(36)17-38)34-30(32-25)33-27-16-35(18-31-27)23-14-20(2)21(3)26(15-23)41-4;1-12-4-6-14(7-5-12)27(25,26)23-10-8-15-16(23)17(21-18(19)20-15)22-9-2-3-13(22)11-24;1-8-2-4-9(5-3-8)21(19,20)18-7-6-10-11(18)12(14)17-13(15)16-10;1-16-9-4-8(15-6-11(13)14-7-15)5-10(17-2)12(9)18-3;7-4-5-2-1-3-6-5/h7-11,13-16,18,22,38H,5-6,12,17H2,1-4H3,(H,32,33,34);4-8,10,13,24H,2-3,9,11H2,1H3;2-7H,1H3;4-7H,13H2,1-3H3;5-7H,1-4H2/t22-;13-;;;5-/m00..0/s1. The van der Waals surface area contributed by atoms with Gasteiger partial charge >= 0.3 is 0 Å². The Morgan fingerprint density at radius 1 is 0.504 bits per heavy atom. The second kappa shape index (κ2) is 36.0. The molecule has 3 fully saturated rings. The van der Waals surface area contributed by atoms with E-state index >= 15 is 0 Å². The highest BCUT2D eigenvalue weighted by molar-refractivity contribution is 7.90. The van der Waals surface area contributed by atoms with Gasteiger partial charge in [0.1, 0.15) is 40.8 Å². The molecule has 3 aliphatic heterocycles. The summed E-state index contributed by atoms with van der Waals surface area (Å²) in [5.41, 5.74) is 14.6. The van der Waals surface area contributed by atoms with Crippen molar-refractivity contribution in [3.63, 3.8) is 0 Å². The quantitative estimate of drug-likeness (QED) is 0.0323. The summed E-state index contributed by atoms with van der Waals surface area (Å²) in [7, 11) is -5.15. The highest BCUT2D eigenvalue weighted by atomic mass is 35.5. The number of nitrogens with two attached hydrogens (primary N) is 1. The van der Waals surface area contributed by atoms with Crippen LogP contribution < -0.4 is 45.1 Å². The molecule has 606 valence electrons. The number of halogens is 3. The third-order valence-electron chi connectivity index (χ3n) is 19.7. The van der Waals surface area contributed by atoms with Crippen molar-refractivity contribution in [2.75, 3.05) is 88.7 Å². The fraction of sp³-hybridized carbons (Fsp3) is 0.308. The normalized spacial score (nSPS) is 15.5. The number of nitrogens with zero attached hydrogens (tertiary/aromatic N) is 15. The summed E-state index contributed by atoms with van der Waals surface area (Å²) in [6, 6.07) is 32.5. The number of methoxy groups -OCH3 is 4. The van der Waals surface area contributed by atoms with Gasteiger partial charge in [-0.1, -0.05) is 64.7 Å². The lowest BCUT2D eigenvalue weighted by Crippen LogP contribution is -2.33. The summed E-state index contributed by atoms with van der Waals surface area (Å²) in [6.07, 6.45) is 16.9. The molecular formula is C78H87Cl3N18O13S3. The topological polar surface area (TPSA) is 384 Å². The van der Waals surface area contributed by atoms with Gasteiger partial charge in [-0.05, 0) is 175 Å². The zero-order valence-corrected chi connectivity index (χ0v) is 69.0. The molecular weight excluding hydrogens is 1600 g/mol. The van der Waals surface area contributed by atoms with Crippen molar-refractivity contribution in [2.45, 2.75) is 106 Å². The molecule has 8 aromatic heterocycles. The zero-order chi connectivity index (χ0) is 82.2. The maximum Gasteiger partial charge on any atom is 0.268 e. The molecule has 11 heterocycles. The average Bonchev–Trinajstić information content (AvgIpc) is 1.64. The van der Waals surface area contributed by atoms with E-state index in [9.17, 15) is 35.5 Å². The molecule has 13 aromatic rings. The van der Waals surface area contributed by atoms with Gasteiger partial charge in [0.05, 0.1) is 115 Å². The van der Waals surface area contributed by atoms with Crippen LogP contribution in [0.15, 0.2) is 174 Å². The van der Waals surface area contributed by atoms with Gasteiger partial charge in [0, 0.05) is 55.9 Å². The van der Waals surface area contributed by atoms with E-state index in [1.54, 1.807) is 137 Å². The first-order chi connectivity index (χ1) is 55.1. The van der Waals surface area contributed by atoms with E-state index in [4.69, 9.17) is 69.6 Å². The maximum atomic E-state index is 13.7. The molecule has 0 spiro atoms. The van der Waals surface area contributed by atoms with Crippen molar-refractivity contribution in [3.8, 4) is 34.4 Å². The number of aromatic nitrogens is 13. The number of fused-ring (bicyclic) bond motifs is 3. The SMILES string of the molecule is COc1cc(-n2cnc(N)c2)cc(OC)c1OC.COc1cc(-n2cnc(Nc3nc(N4CCC[C@H]4CO)c4c(ccn4S(=O)(=O)c4ccc(C)cc4)n3)c2)cc(C)c1C.Cc1ccc(S(=O)(=O)n2ccc3nc(Cl)nc(Cl)c32)cc1.Cc1ccc(S(=O)(=O)n2ccc3nc(Cl)nc(N4CCC[C@H]4CO)c32)cc1.OC[C@@H]1CCCN1. The summed E-state index contributed by atoms with van der Waals surface area (Å²) in [4.78, 5) is 38.6. The number of nitrogens with one attached hydrogen (secondary N) is 2. The number of aryl methyl sites for hydroxylation is 4. The number of nitrogen functional groups attached to an aromatic ring is 1. The van der Waals surface area contributed by atoms with Crippen molar-refractivity contribution in [1.29, 1.82) is 0 Å². The minimum atomic E-state index is -3.93. The van der Waals surface area contributed by atoms with Gasteiger partial charge in [0.15, 0.2) is 34.1 Å². The Morgan fingerprint density at radius 3 is 1.39 bits per heavy atom. The minimum Gasteiger partial charge on any atom is -0.496 e. The number of aliphatic hydroxyl groups excluding tert-OH is 3. The molecule has 115 heavy (non-hydrogen) atoms. The van der Waals surface area contributed by atoms with Crippen molar-refractivity contribution in [3.05, 3.63) is 202 Å². The summed E-state index contributed by atoms with van der Waals surface area (Å²) in [6.45, 7) is 12.3. The molecule has 3 saturated heterocycles. The first-order valence-corrected chi connectivity index (χ1v) is 41.8. The van der Waals surface area contributed by atoms with Crippen LogP contribution in [0.4, 0.5) is 29.2 Å². The van der Waals surface area contributed by atoms with Gasteiger partial charge < -0.3 is 69.6 Å². The van der Waals surface area contributed by atoms with E-state index in [1.807, 2.05) is 73.4 Å². The number of hydrogen-bond acceptors (Lipinski definition) is 26. The fourth-order valence-electron chi connectivity index (χ4n) is 13.5. The number of hydrogen-bond donors (Lipinski definition) is 6. The van der Waals surface area contributed by atoms with Gasteiger partial charge in [-0.2, -0.15) is 9.97 Å². The third-order valence-corrected chi connectivity index (χ3v) is 25.4. The molecule has 0 unspecified atom stereocenters. The Kier molecular flexibility index (Phi) is 26.2. The molecule has 37 heteroatoms. The third kappa shape index (κ3) is 18.2. The minimum absolute atomic E-state index is 0.00862. The lowest BCUT2D eigenvalue weighted by atomic mass is 10.1. The number of anilines is 5. The monoisotopic (exact) mass is 1680 g/mol. The highest BCUT2D eigenvalue weighted by Crippen LogP contribution is 2.41. The lowest BCUT2D eigenvalue weighted by molar-refractivity contribution is 0.255. The van der Waals surface area contributed by atoms with Gasteiger partial charge in [-0.3, -0.25) is 0 Å². The van der Waals surface area contributed by atoms with Crippen LogP contribution in [-0.4, -0.2) is 188 Å². The predicted molar refractivity (Wildman–Crippen MR) is 442 cm³/mol. The van der Waals surface area contributed by atoms with E-state index in [0.717, 1.165) is 87.6 Å². The molecule has 7 N–H and O–H groups in total. The van der Waals surface area contributed by atoms with Crippen molar-refractivity contribution in [2.24, 2.45) is 0 Å².